The molecule has 1 amide bonds. The minimum absolute atomic E-state index is 0.170. The van der Waals surface area contributed by atoms with E-state index in [0.29, 0.717) is 31.7 Å². The highest BCUT2D eigenvalue weighted by Gasteiger charge is 2.11. The third-order valence-electron chi connectivity index (χ3n) is 7.65. The van der Waals surface area contributed by atoms with Crippen LogP contribution in [0.1, 0.15) is 23.2 Å². The molecule has 3 N–H and O–H groups in total. The first kappa shape index (κ1) is 30.4. The number of amides is 1. The molecule has 232 valence electrons. The summed E-state index contributed by atoms with van der Waals surface area (Å²) in [5, 5.41) is 6.31. The zero-order valence-corrected chi connectivity index (χ0v) is 25.8. The summed E-state index contributed by atoms with van der Waals surface area (Å²) in [7, 11) is 4.13. The van der Waals surface area contributed by atoms with Crippen LogP contribution in [0.2, 0.25) is 0 Å². The average Bonchev–Trinajstić information content (AvgIpc) is 3.71. The van der Waals surface area contributed by atoms with Gasteiger partial charge in [-0.2, -0.15) is 0 Å². The Kier molecular flexibility index (Phi) is 9.24. The number of hydrogen-bond donors (Lipinski definition) is 3. The van der Waals surface area contributed by atoms with Crippen LogP contribution >= 0.6 is 0 Å². The van der Waals surface area contributed by atoms with Gasteiger partial charge in [-0.05, 0) is 104 Å². The fourth-order valence-corrected chi connectivity index (χ4v) is 5.20. The molecule has 0 unspecified atom stereocenters. The van der Waals surface area contributed by atoms with Crippen molar-refractivity contribution in [2.45, 2.75) is 12.8 Å². The van der Waals surface area contributed by atoms with E-state index < -0.39 is 0 Å². The normalized spacial score (nSPS) is 11.2. The van der Waals surface area contributed by atoms with Crippen LogP contribution in [-0.4, -0.2) is 71.1 Å². The summed E-state index contributed by atoms with van der Waals surface area (Å²) in [6.07, 6.45) is 1.57. The molecule has 11 nitrogen and oxygen atoms in total. The summed E-state index contributed by atoms with van der Waals surface area (Å²) >= 11 is 0. The second kappa shape index (κ2) is 14.0. The quantitative estimate of drug-likeness (QED) is 0.0545. The van der Waals surface area contributed by atoms with Gasteiger partial charge in [-0.25, -0.2) is 9.97 Å². The van der Waals surface area contributed by atoms with E-state index in [9.17, 15) is 4.79 Å². The standard InChI is InChI=1S/C35H35N9O2/c1-44(2)19-4-20-46-28-13-9-24(10-14-28)34-40-30-16-12-27(22-32(30)42-34)26-11-15-29-31(21-26)41-33(39-29)23-5-7-25(8-6-23)35(45)37-17-3-18-38-43-36/h5-16,21-22H,3-4,17-20H2,1-2H3,(H,37,45)(H,39,41)(H,40,42). The summed E-state index contributed by atoms with van der Waals surface area (Å²) in [5.74, 6) is 2.23. The number of nitrogens with one attached hydrogen (secondary N) is 3. The Labute approximate surface area is 266 Å². The highest BCUT2D eigenvalue weighted by atomic mass is 16.5. The minimum atomic E-state index is -0.170. The van der Waals surface area contributed by atoms with E-state index in [-0.39, 0.29) is 5.91 Å². The van der Waals surface area contributed by atoms with Crippen molar-refractivity contribution in [2.24, 2.45) is 5.11 Å². The van der Waals surface area contributed by atoms with Crippen LogP contribution in [0, 0.1) is 0 Å². The van der Waals surface area contributed by atoms with Crippen LogP contribution in [0.3, 0.4) is 0 Å². The number of carbonyl (C=O) groups excluding carboxylic acids is 1. The molecule has 0 spiro atoms. The molecule has 0 bridgehead atoms. The first-order valence-electron chi connectivity index (χ1n) is 15.2. The molecule has 4 aromatic carbocycles. The maximum absolute atomic E-state index is 12.4. The van der Waals surface area contributed by atoms with E-state index >= 15 is 0 Å². The second-order valence-corrected chi connectivity index (χ2v) is 11.3. The van der Waals surface area contributed by atoms with Crippen LogP contribution < -0.4 is 10.1 Å². The Morgan fingerprint density at radius 2 is 1.39 bits per heavy atom. The molecular weight excluding hydrogens is 578 g/mol. The van der Waals surface area contributed by atoms with E-state index in [4.69, 9.17) is 20.2 Å². The zero-order chi connectivity index (χ0) is 31.9. The molecule has 6 aromatic rings. The third-order valence-corrected chi connectivity index (χ3v) is 7.65. The highest BCUT2D eigenvalue weighted by Crippen LogP contribution is 2.30. The molecule has 0 atom stereocenters. The first-order valence-corrected chi connectivity index (χ1v) is 15.2. The van der Waals surface area contributed by atoms with E-state index in [1.165, 1.54) is 0 Å². The number of nitrogens with zero attached hydrogens (tertiary/aromatic N) is 6. The third kappa shape index (κ3) is 7.18. The maximum Gasteiger partial charge on any atom is 0.251 e. The van der Waals surface area contributed by atoms with Crippen LogP contribution in [0.4, 0.5) is 0 Å². The Balaban J connectivity index is 1.13. The van der Waals surface area contributed by atoms with Crippen molar-refractivity contribution >= 4 is 28.0 Å². The second-order valence-electron chi connectivity index (χ2n) is 11.3. The topological polar surface area (TPSA) is 148 Å². The monoisotopic (exact) mass is 613 g/mol. The summed E-state index contributed by atoms with van der Waals surface area (Å²) in [6.45, 7) is 2.48. The van der Waals surface area contributed by atoms with Gasteiger partial charge in [-0.15, -0.1) is 0 Å². The fraction of sp³-hybridized carbons (Fsp3) is 0.229. The number of hydrogen-bond acceptors (Lipinski definition) is 6. The molecular formula is C35H35N9O2. The molecule has 11 heteroatoms. The number of rotatable bonds is 13. The fourth-order valence-electron chi connectivity index (χ4n) is 5.20. The van der Waals surface area contributed by atoms with E-state index in [0.717, 1.165) is 74.7 Å². The number of azide groups is 1. The Bertz CT molecular complexity index is 2000. The van der Waals surface area contributed by atoms with Crippen LogP contribution in [0.15, 0.2) is 90.0 Å². The molecule has 0 aliphatic carbocycles. The number of H-pyrrole nitrogens is 2. The van der Waals surface area contributed by atoms with Crippen molar-refractivity contribution < 1.29 is 9.53 Å². The Hall–Kier alpha value is -5.64. The predicted octanol–water partition coefficient (Wildman–Crippen LogP) is 7.20. The minimum Gasteiger partial charge on any atom is -0.494 e. The molecule has 2 aromatic heterocycles. The van der Waals surface area contributed by atoms with Crippen molar-refractivity contribution in [1.29, 1.82) is 0 Å². The van der Waals surface area contributed by atoms with Gasteiger partial charge in [0, 0.05) is 41.2 Å². The zero-order valence-electron chi connectivity index (χ0n) is 25.8. The molecule has 0 saturated carbocycles. The SMILES string of the molecule is CN(C)CCCOc1ccc(-c2nc3cc(-c4ccc5[nH]c(-c6ccc(C(=O)NCCCN=[N+]=[N-])cc6)nc5c4)ccc3[nH]2)cc1. The van der Waals surface area contributed by atoms with Gasteiger partial charge in [-0.3, -0.25) is 4.79 Å². The van der Waals surface area contributed by atoms with Crippen molar-refractivity contribution in [2.75, 3.05) is 40.3 Å². The number of carbonyl (C=O) groups is 1. The van der Waals surface area contributed by atoms with E-state index in [1.54, 1.807) is 12.1 Å². The van der Waals surface area contributed by atoms with Crippen LogP contribution in [0.25, 0.3) is 66.4 Å². The number of ether oxygens (including phenoxy) is 1. The van der Waals surface area contributed by atoms with Gasteiger partial charge in [0.1, 0.15) is 17.4 Å². The van der Waals surface area contributed by atoms with Gasteiger partial charge in [-0.1, -0.05) is 29.4 Å². The molecule has 6 rings (SSSR count). The summed E-state index contributed by atoms with van der Waals surface area (Å²) < 4.78 is 5.87. The number of imidazole rings is 2. The van der Waals surface area contributed by atoms with E-state index in [1.807, 2.05) is 42.5 Å². The van der Waals surface area contributed by atoms with Gasteiger partial charge in [0.05, 0.1) is 28.7 Å². The van der Waals surface area contributed by atoms with Crippen molar-refractivity contribution in [1.82, 2.24) is 30.2 Å². The first-order chi connectivity index (χ1) is 22.5. The molecule has 2 heterocycles. The lowest BCUT2D eigenvalue weighted by Gasteiger charge is -2.10. The lowest BCUT2D eigenvalue weighted by molar-refractivity contribution is 0.0953. The summed E-state index contributed by atoms with van der Waals surface area (Å²) in [4.78, 5) is 33.8. The average molecular weight is 614 g/mol. The van der Waals surface area contributed by atoms with Gasteiger partial charge in [0.25, 0.3) is 5.91 Å². The van der Waals surface area contributed by atoms with Crippen LogP contribution in [-0.2, 0) is 0 Å². The molecule has 0 fully saturated rings. The van der Waals surface area contributed by atoms with Crippen LogP contribution in [0.5, 0.6) is 5.75 Å². The molecule has 46 heavy (non-hydrogen) atoms. The number of fused-ring (bicyclic) bond motifs is 2. The van der Waals surface area contributed by atoms with Crippen molar-refractivity contribution in [3.8, 4) is 39.7 Å². The maximum atomic E-state index is 12.4. The number of benzene rings is 4. The molecule has 0 aliphatic heterocycles. The van der Waals surface area contributed by atoms with Gasteiger partial charge in [0.15, 0.2) is 0 Å². The summed E-state index contributed by atoms with van der Waals surface area (Å²) in [5.41, 5.74) is 16.5. The van der Waals surface area contributed by atoms with Gasteiger partial charge < -0.3 is 24.9 Å². The largest absolute Gasteiger partial charge is 0.494 e. The molecule has 0 radical (unpaired) electrons. The highest BCUT2D eigenvalue weighted by molar-refractivity contribution is 5.95. The lowest BCUT2D eigenvalue weighted by Crippen LogP contribution is -2.24. The van der Waals surface area contributed by atoms with Crippen molar-refractivity contribution in [3.63, 3.8) is 0 Å². The summed E-state index contributed by atoms with van der Waals surface area (Å²) in [6, 6.07) is 27.8. The smallest absolute Gasteiger partial charge is 0.251 e. The Morgan fingerprint density at radius 1 is 0.826 bits per heavy atom. The Morgan fingerprint density at radius 3 is 1.96 bits per heavy atom. The number of aromatic nitrogens is 4. The van der Waals surface area contributed by atoms with Gasteiger partial charge >= 0.3 is 0 Å². The van der Waals surface area contributed by atoms with E-state index in [2.05, 4.69) is 74.6 Å². The molecule has 0 saturated heterocycles. The predicted molar refractivity (Wildman–Crippen MR) is 182 cm³/mol. The van der Waals surface area contributed by atoms with Gasteiger partial charge in [0.2, 0.25) is 0 Å². The van der Waals surface area contributed by atoms with Crippen molar-refractivity contribution in [3.05, 3.63) is 101 Å². The molecule has 0 aliphatic rings. The number of aromatic amines is 2. The lowest BCUT2D eigenvalue weighted by atomic mass is 10.0.